The minimum Gasteiger partial charge on any atom is -0.463 e. The molecular formula is C14H26F3IN4O2. The van der Waals surface area contributed by atoms with Crippen LogP contribution in [0.15, 0.2) is 4.99 Å². The first kappa shape index (κ1) is 23.2. The SMILES string of the molecule is CN=C(NCCC(=O)OC(C)C)NC1CCN(CC(F)(F)F)C1.I. The largest absolute Gasteiger partial charge is 0.463 e. The zero-order valence-electron chi connectivity index (χ0n) is 14.2. The van der Waals surface area contributed by atoms with Crippen molar-refractivity contribution in [3.05, 3.63) is 0 Å². The smallest absolute Gasteiger partial charge is 0.401 e. The van der Waals surface area contributed by atoms with Crippen LogP contribution in [0.5, 0.6) is 0 Å². The average molecular weight is 466 g/mol. The maximum Gasteiger partial charge on any atom is 0.401 e. The summed E-state index contributed by atoms with van der Waals surface area (Å²) in [5.74, 6) is 0.168. The van der Waals surface area contributed by atoms with E-state index in [9.17, 15) is 18.0 Å². The quantitative estimate of drug-likeness (QED) is 0.270. The second kappa shape index (κ2) is 11.0. The summed E-state index contributed by atoms with van der Waals surface area (Å²) >= 11 is 0. The van der Waals surface area contributed by atoms with Gasteiger partial charge in [-0.25, -0.2) is 0 Å². The summed E-state index contributed by atoms with van der Waals surface area (Å²) < 4.78 is 42.1. The monoisotopic (exact) mass is 466 g/mol. The highest BCUT2D eigenvalue weighted by Crippen LogP contribution is 2.19. The van der Waals surface area contributed by atoms with Gasteiger partial charge in [-0.1, -0.05) is 0 Å². The van der Waals surface area contributed by atoms with Crippen molar-refractivity contribution < 1.29 is 22.7 Å². The Hall–Kier alpha value is -0.780. The molecule has 1 saturated heterocycles. The fourth-order valence-electron chi connectivity index (χ4n) is 2.34. The number of nitrogens with one attached hydrogen (secondary N) is 2. The van der Waals surface area contributed by atoms with E-state index in [1.54, 1.807) is 20.9 Å². The second-order valence-electron chi connectivity index (χ2n) is 5.77. The first-order valence-corrected chi connectivity index (χ1v) is 7.65. The molecule has 24 heavy (non-hydrogen) atoms. The third kappa shape index (κ3) is 10.2. The van der Waals surface area contributed by atoms with Crippen LogP contribution in [-0.4, -0.2) is 68.4 Å². The van der Waals surface area contributed by atoms with Crippen LogP contribution in [0, 0.1) is 0 Å². The van der Waals surface area contributed by atoms with Gasteiger partial charge in [-0.05, 0) is 20.3 Å². The molecule has 0 spiro atoms. The molecule has 10 heteroatoms. The van der Waals surface area contributed by atoms with Crippen molar-refractivity contribution in [3.63, 3.8) is 0 Å². The molecule has 1 atom stereocenters. The highest BCUT2D eigenvalue weighted by molar-refractivity contribution is 14.0. The lowest BCUT2D eigenvalue weighted by Gasteiger charge is -2.19. The average Bonchev–Trinajstić information content (AvgIpc) is 2.81. The van der Waals surface area contributed by atoms with Gasteiger partial charge in [0.05, 0.1) is 19.1 Å². The number of alkyl halides is 3. The number of aliphatic imine (C=N–C) groups is 1. The number of halogens is 4. The van der Waals surface area contributed by atoms with E-state index in [4.69, 9.17) is 4.74 Å². The van der Waals surface area contributed by atoms with Gasteiger partial charge in [0.2, 0.25) is 0 Å². The molecule has 0 bridgehead atoms. The van der Waals surface area contributed by atoms with Gasteiger partial charge in [-0.2, -0.15) is 13.2 Å². The highest BCUT2D eigenvalue weighted by atomic mass is 127. The van der Waals surface area contributed by atoms with Gasteiger partial charge >= 0.3 is 12.1 Å². The van der Waals surface area contributed by atoms with Crippen molar-refractivity contribution in [2.45, 2.75) is 45.0 Å². The summed E-state index contributed by atoms with van der Waals surface area (Å²) in [4.78, 5) is 16.8. The molecule has 0 radical (unpaired) electrons. The van der Waals surface area contributed by atoms with Crippen molar-refractivity contribution in [1.29, 1.82) is 0 Å². The Balaban J connectivity index is 0.00000529. The standard InChI is InChI=1S/C14H25F3N4O2.HI/c1-10(2)23-12(22)4-6-19-13(18-3)20-11-5-7-21(8-11)9-14(15,16)17;/h10-11H,4-9H2,1-3H3,(H2,18,19,20);1H. The summed E-state index contributed by atoms with van der Waals surface area (Å²) in [5, 5.41) is 6.03. The molecule has 0 aliphatic carbocycles. The molecule has 0 aromatic rings. The van der Waals surface area contributed by atoms with E-state index in [2.05, 4.69) is 15.6 Å². The first-order valence-electron chi connectivity index (χ1n) is 7.65. The zero-order chi connectivity index (χ0) is 17.5. The number of nitrogens with zero attached hydrogens (tertiary/aromatic N) is 2. The van der Waals surface area contributed by atoms with E-state index in [0.717, 1.165) is 0 Å². The van der Waals surface area contributed by atoms with E-state index in [1.807, 2.05) is 0 Å². The lowest BCUT2D eigenvalue weighted by atomic mass is 10.3. The highest BCUT2D eigenvalue weighted by Gasteiger charge is 2.34. The second-order valence-corrected chi connectivity index (χ2v) is 5.77. The molecule has 1 heterocycles. The summed E-state index contributed by atoms with van der Waals surface area (Å²) in [6.07, 6.45) is -3.51. The molecule has 6 nitrogen and oxygen atoms in total. The van der Waals surface area contributed by atoms with E-state index in [0.29, 0.717) is 32.0 Å². The predicted molar refractivity (Wildman–Crippen MR) is 96.7 cm³/mol. The zero-order valence-corrected chi connectivity index (χ0v) is 16.5. The van der Waals surface area contributed by atoms with Crippen molar-refractivity contribution in [3.8, 4) is 0 Å². The van der Waals surface area contributed by atoms with Crippen molar-refractivity contribution in [2.75, 3.05) is 33.2 Å². The van der Waals surface area contributed by atoms with Gasteiger partial charge in [-0.15, -0.1) is 24.0 Å². The summed E-state index contributed by atoms with van der Waals surface area (Å²) in [7, 11) is 1.57. The molecule has 142 valence electrons. The van der Waals surface area contributed by atoms with Gasteiger partial charge in [0.1, 0.15) is 0 Å². The van der Waals surface area contributed by atoms with Crippen LogP contribution in [0.2, 0.25) is 0 Å². The predicted octanol–water partition coefficient (Wildman–Crippen LogP) is 1.75. The molecule has 1 aliphatic rings. The topological polar surface area (TPSA) is 66.0 Å². The van der Waals surface area contributed by atoms with Crippen LogP contribution >= 0.6 is 24.0 Å². The van der Waals surface area contributed by atoms with E-state index < -0.39 is 12.7 Å². The minimum atomic E-state index is -4.18. The fraction of sp³-hybridized carbons (Fsp3) is 0.857. The molecule has 0 aromatic heterocycles. The lowest BCUT2D eigenvalue weighted by molar-refractivity contribution is -0.147. The Labute approximate surface area is 157 Å². The normalized spacial score (nSPS) is 19.1. The van der Waals surface area contributed by atoms with E-state index >= 15 is 0 Å². The maximum absolute atomic E-state index is 12.4. The van der Waals surface area contributed by atoms with Gasteiger partial charge in [0.25, 0.3) is 0 Å². The van der Waals surface area contributed by atoms with E-state index in [-0.39, 0.29) is 48.5 Å². The number of rotatable bonds is 6. The lowest BCUT2D eigenvalue weighted by Crippen LogP contribution is -2.45. The number of esters is 1. The third-order valence-electron chi connectivity index (χ3n) is 3.23. The van der Waals surface area contributed by atoms with Crippen molar-refractivity contribution >= 4 is 35.9 Å². The van der Waals surface area contributed by atoms with E-state index in [1.165, 1.54) is 4.90 Å². The Kier molecular flexibility index (Phi) is 10.6. The molecular weight excluding hydrogens is 440 g/mol. The van der Waals surface area contributed by atoms with Gasteiger partial charge in [-0.3, -0.25) is 14.7 Å². The minimum absolute atomic E-state index is 0. The Bertz CT molecular complexity index is 419. The van der Waals surface area contributed by atoms with Crippen LogP contribution in [0.1, 0.15) is 26.7 Å². The molecule has 1 aliphatic heterocycles. The van der Waals surface area contributed by atoms with Crippen LogP contribution in [0.4, 0.5) is 13.2 Å². The van der Waals surface area contributed by atoms with Crippen LogP contribution in [0.3, 0.4) is 0 Å². The van der Waals surface area contributed by atoms with Crippen LogP contribution in [-0.2, 0) is 9.53 Å². The number of ether oxygens (including phenoxy) is 1. The molecule has 1 fully saturated rings. The third-order valence-corrected chi connectivity index (χ3v) is 3.23. The number of carbonyl (C=O) groups excluding carboxylic acids is 1. The maximum atomic E-state index is 12.4. The summed E-state index contributed by atoms with van der Waals surface area (Å²) in [5.41, 5.74) is 0. The number of hydrogen-bond donors (Lipinski definition) is 2. The summed E-state index contributed by atoms with van der Waals surface area (Å²) in [6, 6.07) is -0.0915. The molecule has 2 N–H and O–H groups in total. The van der Waals surface area contributed by atoms with Gasteiger partial charge in [0.15, 0.2) is 5.96 Å². The molecule has 1 rings (SSSR count). The fourth-order valence-corrected chi connectivity index (χ4v) is 2.34. The molecule has 0 saturated carbocycles. The number of guanidine groups is 1. The Morgan fingerprint density at radius 1 is 1.42 bits per heavy atom. The van der Waals surface area contributed by atoms with Gasteiger partial charge < -0.3 is 15.4 Å². The molecule has 0 aromatic carbocycles. The van der Waals surface area contributed by atoms with Gasteiger partial charge in [0, 0.05) is 32.7 Å². The van der Waals surface area contributed by atoms with Crippen LogP contribution in [0.25, 0.3) is 0 Å². The number of likely N-dealkylation sites (tertiary alicyclic amines) is 1. The summed E-state index contributed by atoms with van der Waals surface area (Å²) in [6.45, 7) is 3.73. The Morgan fingerprint density at radius 3 is 2.62 bits per heavy atom. The molecule has 1 unspecified atom stereocenters. The first-order chi connectivity index (χ1) is 10.7. The van der Waals surface area contributed by atoms with Crippen molar-refractivity contribution in [1.82, 2.24) is 15.5 Å². The van der Waals surface area contributed by atoms with Crippen LogP contribution < -0.4 is 10.6 Å². The Morgan fingerprint density at radius 2 is 2.08 bits per heavy atom. The van der Waals surface area contributed by atoms with Crippen molar-refractivity contribution in [2.24, 2.45) is 4.99 Å². The number of carbonyl (C=O) groups is 1. The molecule has 0 amide bonds. The number of hydrogen-bond acceptors (Lipinski definition) is 4.